The number of ether oxygens (including phenoxy) is 1. The molecule has 0 saturated carbocycles. The number of hydrogen-bond acceptors (Lipinski definition) is 4. The first kappa shape index (κ1) is 14.5. The van der Waals surface area contributed by atoms with Gasteiger partial charge in [-0.05, 0) is 6.07 Å². The molecule has 0 aliphatic heterocycles. The number of carbonyl (C=O) groups is 2. The maximum Gasteiger partial charge on any atom is 0.307 e. The van der Waals surface area contributed by atoms with Gasteiger partial charge in [0.1, 0.15) is 5.75 Å². The van der Waals surface area contributed by atoms with Crippen LogP contribution < -0.4 is 10.1 Å². The molecule has 2 N–H and O–H groups in total. The average Bonchev–Trinajstić information content (AvgIpc) is 2.37. The summed E-state index contributed by atoms with van der Waals surface area (Å²) in [6, 6.07) is 8.56. The Bertz CT molecular complexity index is 494. The molecule has 0 bridgehead atoms. The van der Waals surface area contributed by atoms with E-state index in [2.05, 4.69) is 5.32 Å². The second kappa shape index (κ2) is 7.71. The van der Waals surface area contributed by atoms with Gasteiger partial charge in [0.05, 0.1) is 18.9 Å². The minimum absolute atomic E-state index is 0.160. The van der Waals surface area contributed by atoms with E-state index in [-0.39, 0.29) is 31.9 Å². The maximum absolute atomic E-state index is 11.4. The number of benzene rings is 1. The number of amides is 1. The molecular weight excluding hydrogens is 248 g/mol. The number of para-hydroxylation sites is 1. The molecule has 6 nitrogen and oxygen atoms in total. The van der Waals surface area contributed by atoms with Gasteiger partial charge in [-0.25, -0.2) is 0 Å². The van der Waals surface area contributed by atoms with Crippen LogP contribution in [0.3, 0.4) is 0 Å². The first-order valence-corrected chi connectivity index (χ1v) is 5.69. The van der Waals surface area contributed by atoms with Gasteiger partial charge in [-0.15, -0.1) is 0 Å². The summed E-state index contributed by atoms with van der Waals surface area (Å²) in [7, 11) is 0. The second-order valence-electron chi connectivity index (χ2n) is 3.72. The Hall–Kier alpha value is -2.55. The topological polar surface area (TPSA) is 99.4 Å². The van der Waals surface area contributed by atoms with Crippen LogP contribution in [0.1, 0.15) is 12.0 Å². The molecule has 1 rings (SSSR count). The van der Waals surface area contributed by atoms with Crippen LogP contribution in [-0.2, 0) is 16.0 Å². The summed E-state index contributed by atoms with van der Waals surface area (Å²) in [5, 5.41) is 19.6. The average molecular weight is 262 g/mol. The van der Waals surface area contributed by atoms with Gasteiger partial charge >= 0.3 is 5.97 Å². The summed E-state index contributed by atoms with van der Waals surface area (Å²) in [5.41, 5.74) is 0.514. The number of nitrogens with one attached hydrogen (secondary N) is 1. The Morgan fingerprint density at radius 1 is 1.37 bits per heavy atom. The lowest BCUT2D eigenvalue weighted by atomic mass is 10.1. The van der Waals surface area contributed by atoms with E-state index in [4.69, 9.17) is 15.1 Å². The van der Waals surface area contributed by atoms with Gasteiger partial charge in [-0.2, -0.15) is 5.26 Å². The largest absolute Gasteiger partial charge is 0.483 e. The molecule has 100 valence electrons. The summed E-state index contributed by atoms with van der Waals surface area (Å²) >= 11 is 0. The van der Waals surface area contributed by atoms with Gasteiger partial charge < -0.3 is 15.2 Å². The molecule has 0 unspecified atom stereocenters. The van der Waals surface area contributed by atoms with Gasteiger partial charge in [0.2, 0.25) is 0 Å². The standard InChI is InChI=1S/C13H14N2O4/c14-6-3-7-15-12(16)9-19-11-5-2-1-4-10(11)8-13(17)18/h1-2,4-5H,3,7-9H2,(H,15,16)(H,17,18). The van der Waals surface area contributed by atoms with E-state index in [1.807, 2.05) is 6.07 Å². The fourth-order valence-electron chi connectivity index (χ4n) is 1.41. The highest BCUT2D eigenvalue weighted by atomic mass is 16.5. The SMILES string of the molecule is N#CCCNC(=O)COc1ccccc1CC(=O)O. The van der Waals surface area contributed by atoms with E-state index in [9.17, 15) is 9.59 Å². The number of nitrogens with zero attached hydrogens (tertiary/aromatic N) is 1. The Kier molecular flexibility index (Phi) is 5.89. The summed E-state index contributed by atoms with van der Waals surface area (Å²) in [4.78, 5) is 22.0. The lowest BCUT2D eigenvalue weighted by molar-refractivity contribution is -0.136. The summed E-state index contributed by atoms with van der Waals surface area (Å²) in [6.07, 6.45) is 0.0770. The van der Waals surface area contributed by atoms with Crippen molar-refractivity contribution in [2.75, 3.05) is 13.2 Å². The molecule has 0 radical (unpaired) electrons. The van der Waals surface area contributed by atoms with Crippen molar-refractivity contribution in [2.45, 2.75) is 12.8 Å². The van der Waals surface area contributed by atoms with E-state index in [1.165, 1.54) is 0 Å². The van der Waals surface area contributed by atoms with Gasteiger partial charge in [0, 0.05) is 12.1 Å². The van der Waals surface area contributed by atoms with Gasteiger partial charge in [0.15, 0.2) is 6.61 Å². The van der Waals surface area contributed by atoms with Gasteiger partial charge in [-0.1, -0.05) is 18.2 Å². The number of nitriles is 1. The molecule has 0 spiro atoms. The van der Waals surface area contributed by atoms with Crippen molar-refractivity contribution >= 4 is 11.9 Å². The summed E-state index contributed by atoms with van der Waals surface area (Å²) in [5.74, 6) is -0.935. The van der Waals surface area contributed by atoms with Crippen molar-refractivity contribution in [3.8, 4) is 11.8 Å². The van der Waals surface area contributed by atoms with E-state index in [0.29, 0.717) is 11.3 Å². The lowest BCUT2D eigenvalue weighted by Gasteiger charge is -2.09. The van der Waals surface area contributed by atoms with Crippen LogP contribution in [0.5, 0.6) is 5.75 Å². The molecule has 0 aliphatic rings. The minimum atomic E-state index is -0.963. The van der Waals surface area contributed by atoms with E-state index in [1.54, 1.807) is 24.3 Å². The third-order valence-electron chi connectivity index (χ3n) is 2.23. The molecule has 0 fully saturated rings. The van der Waals surface area contributed by atoms with E-state index >= 15 is 0 Å². The number of hydrogen-bond donors (Lipinski definition) is 2. The number of carboxylic acid groups (broad SMARTS) is 1. The van der Waals surface area contributed by atoms with Crippen molar-refractivity contribution in [1.29, 1.82) is 5.26 Å². The monoisotopic (exact) mass is 262 g/mol. The summed E-state index contributed by atoms with van der Waals surface area (Å²) < 4.78 is 5.27. The Morgan fingerprint density at radius 2 is 2.11 bits per heavy atom. The number of carbonyl (C=O) groups excluding carboxylic acids is 1. The Morgan fingerprint density at radius 3 is 2.79 bits per heavy atom. The van der Waals surface area contributed by atoms with Crippen LogP contribution in [0.25, 0.3) is 0 Å². The Balaban J connectivity index is 2.51. The first-order chi connectivity index (χ1) is 9.13. The minimum Gasteiger partial charge on any atom is -0.483 e. The normalized spacial score (nSPS) is 9.42. The fraction of sp³-hybridized carbons (Fsp3) is 0.308. The van der Waals surface area contributed by atoms with Crippen LogP contribution in [0.4, 0.5) is 0 Å². The molecule has 1 aromatic carbocycles. The molecule has 0 heterocycles. The summed E-state index contributed by atoms with van der Waals surface area (Å²) in [6.45, 7) is 0.0670. The van der Waals surface area contributed by atoms with Gasteiger partial charge in [0.25, 0.3) is 5.91 Å². The molecular formula is C13H14N2O4. The van der Waals surface area contributed by atoms with E-state index in [0.717, 1.165) is 0 Å². The molecule has 1 amide bonds. The number of rotatable bonds is 7. The van der Waals surface area contributed by atoms with Crippen molar-refractivity contribution in [3.05, 3.63) is 29.8 Å². The lowest BCUT2D eigenvalue weighted by Crippen LogP contribution is -2.29. The zero-order valence-electron chi connectivity index (χ0n) is 10.3. The Labute approximate surface area is 110 Å². The zero-order chi connectivity index (χ0) is 14.1. The predicted molar refractivity (Wildman–Crippen MR) is 66.5 cm³/mol. The third-order valence-corrected chi connectivity index (χ3v) is 2.23. The van der Waals surface area contributed by atoms with Crippen LogP contribution in [-0.4, -0.2) is 30.1 Å². The van der Waals surface area contributed by atoms with Crippen molar-refractivity contribution in [2.24, 2.45) is 0 Å². The van der Waals surface area contributed by atoms with Crippen molar-refractivity contribution in [3.63, 3.8) is 0 Å². The second-order valence-corrected chi connectivity index (χ2v) is 3.72. The highest BCUT2D eigenvalue weighted by molar-refractivity contribution is 5.77. The van der Waals surface area contributed by atoms with Gasteiger partial charge in [-0.3, -0.25) is 9.59 Å². The molecule has 0 atom stereocenters. The van der Waals surface area contributed by atoms with E-state index < -0.39 is 5.97 Å². The molecule has 0 aliphatic carbocycles. The van der Waals surface area contributed by atoms with Crippen LogP contribution >= 0.6 is 0 Å². The highest BCUT2D eigenvalue weighted by Crippen LogP contribution is 2.18. The number of carboxylic acids is 1. The van der Waals surface area contributed by atoms with Crippen molar-refractivity contribution in [1.82, 2.24) is 5.32 Å². The highest BCUT2D eigenvalue weighted by Gasteiger charge is 2.09. The third kappa shape index (κ3) is 5.55. The molecule has 6 heteroatoms. The van der Waals surface area contributed by atoms with Crippen molar-refractivity contribution < 1.29 is 19.4 Å². The maximum atomic E-state index is 11.4. The quantitative estimate of drug-likeness (QED) is 0.705. The smallest absolute Gasteiger partial charge is 0.307 e. The molecule has 0 saturated heterocycles. The zero-order valence-corrected chi connectivity index (χ0v) is 10.3. The molecule has 19 heavy (non-hydrogen) atoms. The fourth-order valence-corrected chi connectivity index (χ4v) is 1.41. The van der Waals surface area contributed by atoms with Crippen LogP contribution in [0.15, 0.2) is 24.3 Å². The molecule has 0 aromatic heterocycles. The van der Waals surface area contributed by atoms with Crippen LogP contribution in [0, 0.1) is 11.3 Å². The number of aliphatic carboxylic acids is 1. The molecule has 1 aromatic rings. The predicted octanol–water partition coefficient (Wildman–Crippen LogP) is 0.722. The van der Waals surface area contributed by atoms with Crippen LogP contribution in [0.2, 0.25) is 0 Å². The first-order valence-electron chi connectivity index (χ1n) is 5.69.